The van der Waals surface area contributed by atoms with Crippen LogP contribution in [0.1, 0.15) is 36.9 Å². The zero-order chi connectivity index (χ0) is 9.97. The van der Waals surface area contributed by atoms with Crippen LogP contribution in [0.5, 0.6) is 0 Å². The van der Waals surface area contributed by atoms with E-state index in [1.165, 1.54) is 24.1 Å². The normalized spacial score (nSPS) is 18.7. The monoisotopic (exact) mass is 193 g/mol. The number of piperidine rings is 1. The van der Waals surface area contributed by atoms with E-state index < -0.39 is 0 Å². The number of nitrogens with zero attached hydrogens (tertiary/aromatic N) is 2. The molecule has 1 aliphatic heterocycles. The van der Waals surface area contributed by atoms with E-state index in [2.05, 4.69) is 29.1 Å². The molecule has 1 aromatic heterocycles. The zero-order valence-electron chi connectivity index (χ0n) is 9.08. The van der Waals surface area contributed by atoms with Gasteiger partial charge in [-0.2, -0.15) is 5.10 Å². The van der Waals surface area contributed by atoms with Gasteiger partial charge in [0.25, 0.3) is 0 Å². The van der Waals surface area contributed by atoms with Gasteiger partial charge in [-0.25, -0.2) is 0 Å². The molecular formula is C11H19N3. The summed E-state index contributed by atoms with van der Waals surface area (Å²) < 4.78 is 2.06. The highest BCUT2D eigenvalue weighted by molar-refractivity contribution is 5.22. The lowest BCUT2D eigenvalue weighted by molar-refractivity contribution is 0.438. The molecule has 1 aromatic rings. The fourth-order valence-corrected chi connectivity index (χ4v) is 2.39. The Morgan fingerprint density at radius 2 is 2.21 bits per heavy atom. The third kappa shape index (κ3) is 1.69. The van der Waals surface area contributed by atoms with E-state index in [0.29, 0.717) is 0 Å². The molecule has 0 atom stereocenters. The molecule has 2 heterocycles. The Labute approximate surface area is 85.5 Å². The fraction of sp³-hybridized carbons (Fsp3) is 0.727. The van der Waals surface area contributed by atoms with Crippen LogP contribution in [0.4, 0.5) is 0 Å². The minimum Gasteiger partial charge on any atom is -0.317 e. The molecule has 1 fully saturated rings. The molecule has 78 valence electrons. The summed E-state index contributed by atoms with van der Waals surface area (Å²) in [6, 6.07) is 0. The Kier molecular flexibility index (Phi) is 2.87. The van der Waals surface area contributed by atoms with Crippen molar-refractivity contribution in [2.45, 2.75) is 32.1 Å². The molecule has 0 aromatic carbocycles. The van der Waals surface area contributed by atoms with Crippen LogP contribution in [-0.2, 0) is 13.5 Å². The molecule has 1 saturated heterocycles. The summed E-state index contributed by atoms with van der Waals surface area (Å²) in [5, 5.41) is 7.76. The van der Waals surface area contributed by atoms with Crippen LogP contribution >= 0.6 is 0 Å². The number of aryl methyl sites for hydroxylation is 2. The summed E-state index contributed by atoms with van der Waals surface area (Å²) in [7, 11) is 2.07. The quantitative estimate of drug-likeness (QED) is 0.770. The maximum atomic E-state index is 4.36. The van der Waals surface area contributed by atoms with Gasteiger partial charge in [0.1, 0.15) is 0 Å². The summed E-state index contributed by atoms with van der Waals surface area (Å²) >= 11 is 0. The van der Waals surface area contributed by atoms with Gasteiger partial charge in [-0.05, 0) is 37.9 Å². The molecule has 14 heavy (non-hydrogen) atoms. The molecule has 1 aliphatic rings. The number of hydrogen-bond donors (Lipinski definition) is 1. The van der Waals surface area contributed by atoms with Gasteiger partial charge in [0.2, 0.25) is 0 Å². The maximum Gasteiger partial charge on any atom is 0.0524 e. The Hall–Kier alpha value is -0.830. The molecule has 0 saturated carbocycles. The van der Waals surface area contributed by atoms with E-state index >= 15 is 0 Å². The van der Waals surface area contributed by atoms with Gasteiger partial charge < -0.3 is 5.32 Å². The molecule has 0 spiro atoms. The largest absolute Gasteiger partial charge is 0.317 e. The summed E-state index contributed by atoms with van der Waals surface area (Å²) in [4.78, 5) is 0. The second-order valence-corrected chi connectivity index (χ2v) is 4.06. The van der Waals surface area contributed by atoms with Crippen molar-refractivity contribution in [3.8, 4) is 0 Å². The van der Waals surface area contributed by atoms with Crippen molar-refractivity contribution in [3.05, 3.63) is 17.5 Å². The number of hydrogen-bond acceptors (Lipinski definition) is 2. The Morgan fingerprint density at radius 1 is 1.50 bits per heavy atom. The molecule has 2 rings (SSSR count). The van der Waals surface area contributed by atoms with Crippen molar-refractivity contribution in [1.82, 2.24) is 15.1 Å². The Morgan fingerprint density at radius 3 is 2.86 bits per heavy atom. The van der Waals surface area contributed by atoms with E-state index in [0.717, 1.165) is 25.4 Å². The summed E-state index contributed by atoms with van der Waals surface area (Å²) in [5.41, 5.74) is 2.90. The van der Waals surface area contributed by atoms with Crippen LogP contribution in [0.25, 0.3) is 0 Å². The van der Waals surface area contributed by atoms with Crippen LogP contribution in [0.15, 0.2) is 6.20 Å². The average Bonchev–Trinajstić information content (AvgIpc) is 2.61. The van der Waals surface area contributed by atoms with E-state index in [9.17, 15) is 0 Å². The highest BCUT2D eigenvalue weighted by Gasteiger charge is 2.20. The average molecular weight is 193 g/mol. The predicted molar refractivity (Wildman–Crippen MR) is 57.4 cm³/mol. The van der Waals surface area contributed by atoms with Crippen LogP contribution < -0.4 is 5.32 Å². The van der Waals surface area contributed by atoms with Crippen molar-refractivity contribution in [1.29, 1.82) is 0 Å². The number of aromatic nitrogens is 2. The molecule has 0 bridgehead atoms. The van der Waals surface area contributed by atoms with Crippen molar-refractivity contribution in [3.63, 3.8) is 0 Å². The molecule has 0 unspecified atom stereocenters. The topological polar surface area (TPSA) is 29.9 Å². The summed E-state index contributed by atoms with van der Waals surface area (Å²) in [6.07, 6.45) is 5.64. The molecular weight excluding hydrogens is 174 g/mol. The smallest absolute Gasteiger partial charge is 0.0524 e. The van der Waals surface area contributed by atoms with E-state index in [-0.39, 0.29) is 0 Å². The minimum absolute atomic E-state index is 0.721. The lowest BCUT2D eigenvalue weighted by Crippen LogP contribution is -2.28. The van der Waals surface area contributed by atoms with Gasteiger partial charge in [-0.1, -0.05) is 6.92 Å². The number of nitrogens with one attached hydrogen (secondary N) is 1. The first-order chi connectivity index (χ1) is 6.83. The molecule has 3 nitrogen and oxygen atoms in total. The minimum atomic E-state index is 0.721. The molecule has 0 aliphatic carbocycles. The standard InChI is InChI=1S/C11H19N3/c1-3-9-8-13-14(2)11(9)10-4-6-12-7-5-10/h8,10,12H,3-7H2,1-2H3. The first-order valence-electron chi connectivity index (χ1n) is 5.54. The first-order valence-corrected chi connectivity index (χ1v) is 5.54. The maximum absolute atomic E-state index is 4.36. The number of rotatable bonds is 2. The van der Waals surface area contributed by atoms with E-state index in [1.807, 2.05) is 6.20 Å². The van der Waals surface area contributed by atoms with Crippen molar-refractivity contribution < 1.29 is 0 Å². The van der Waals surface area contributed by atoms with Gasteiger partial charge in [-0.3, -0.25) is 4.68 Å². The molecule has 0 radical (unpaired) electrons. The van der Waals surface area contributed by atoms with Gasteiger partial charge in [-0.15, -0.1) is 0 Å². The SMILES string of the molecule is CCc1cnn(C)c1C1CCNCC1. The second-order valence-electron chi connectivity index (χ2n) is 4.06. The van der Waals surface area contributed by atoms with Crippen molar-refractivity contribution in [2.75, 3.05) is 13.1 Å². The van der Waals surface area contributed by atoms with Crippen LogP contribution in [0, 0.1) is 0 Å². The van der Waals surface area contributed by atoms with Crippen molar-refractivity contribution >= 4 is 0 Å². The van der Waals surface area contributed by atoms with Gasteiger partial charge in [0.15, 0.2) is 0 Å². The van der Waals surface area contributed by atoms with Gasteiger partial charge >= 0.3 is 0 Å². The summed E-state index contributed by atoms with van der Waals surface area (Å²) in [5.74, 6) is 0.721. The lowest BCUT2D eigenvalue weighted by Gasteiger charge is -2.23. The Balaban J connectivity index is 2.23. The second kappa shape index (κ2) is 4.13. The molecule has 3 heteroatoms. The highest BCUT2D eigenvalue weighted by atomic mass is 15.3. The van der Waals surface area contributed by atoms with E-state index in [1.54, 1.807) is 0 Å². The Bertz CT molecular complexity index is 297. The molecule has 0 amide bonds. The third-order valence-electron chi connectivity index (χ3n) is 3.17. The van der Waals surface area contributed by atoms with Gasteiger partial charge in [0, 0.05) is 18.7 Å². The van der Waals surface area contributed by atoms with E-state index in [4.69, 9.17) is 0 Å². The fourth-order valence-electron chi connectivity index (χ4n) is 2.39. The third-order valence-corrected chi connectivity index (χ3v) is 3.17. The predicted octanol–water partition coefficient (Wildman–Crippen LogP) is 1.45. The first kappa shape index (κ1) is 9.71. The van der Waals surface area contributed by atoms with Crippen LogP contribution in [-0.4, -0.2) is 22.9 Å². The van der Waals surface area contributed by atoms with Crippen molar-refractivity contribution in [2.24, 2.45) is 7.05 Å². The van der Waals surface area contributed by atoms with Crippen LogP contribution in [0.2, 0.25) is 0 Å². The van der Waals surface area contributed by atoms with Gasteiger partial charge in [0.05, 0.1) is 6.20 Å². The zero-order valence-corrected chi connectivity index (χ0v) is 9.08. The highest BCUT2D eigenvalue weighted by Crippen LogP contribution is 2.27. The molecule has 1 N–H and O–H groups in total. The summed E-state index contributed by atoms with van der Waals surface area (Å²) in [6.45, 7) is 4.51. The van der Waals surface area contributed by atoms with Crippen LogP contribution in [0.3, 0.4) is 0 Å². The lowest BCUT2D eigenvalue weighted by atomic mass is 9.91.